The summed E-state index contributed by atoms with van der Waals surface area (Å²) in [7, 11) is -2.74. The topological polar surface area (TPSA) is 107 Å². The number of aryl methyl sites for hydroxylation is 1. The van der Waals surface area contributed by atoms with Crippen LogP contribution in [0.5, 0.6) is 0 Å². The van der Waals surface area contributed by atoms with Gasteiger partial charge in [0.25, 0.3) is 5.91 Å². The number of alkyl halides is 3. The number of carbonyl (C=O) groups is 1. The summed E-state index contributed by atoms with van der Waals surface area (Å²) in [6.07, 6.45) is -2.12. The van der Waals surface area contributed by atoms with Crippen molar-refractivity contribution >= 4 is 38.7 Å². The molecule has 0 aliphatic rings. The van der Waals surface area contributed by atoms with Crippen molar-refractivity contribution in [1.29, 1.82) is 0 Å². The van der Waals surface area contributed by atoms with Crippen molar-refractivity contribution < 1.29 is 26.4 Å². The molecule has 164 valence electrons. The van der Waals surface area contributed by atoms with Gasteiger partial charge in [0, 0.05) is 25.0 Å². The first-order valence-corrected chi connectivity index (χ1v) is 11.3. The maximum absolute atomic E-state index is 12.8. The Morgan fingerprint density at radius 1 is 1.26 bits per heavy atom. The van der Waals surface area contributed by atoms with Gasteiger partial charge in [0.1, 0.15) is 5.69 Å². The summed E-state index contributed by atoms with van der Waals surface area (Å²) in [5.41, 5.74) is 0.161. The number of carbonyl (C=O) groups excluding carboxylic acids is 1. The Balaban J connectivity index is 2.13. The molecular formula is C17H13ClF3N5O3S2. The normalized spacial score (nSPS) is 12.9. The van der Waals surface area contributed by atoms with E-state index in [9.17, 15) is 26.4 Å². The number of hydrogen-bond donors (Lipinski definition) is 0. The molecule has 0 bridgehead atoms. The molecule has 14 heteroatoms. The van der Waals surface area contributed by atoms with Crippen LogP contribution in [0.1, 0.15) is 22.4 Å². The Labute approximate surface area is 183 Å². The molecule has 3 heterocycles. The molecule has 3 aromatic rings. The lowest BCUT2D eigenvalue weighted by molar-refractivity contribution is -0.138. The third-order valence-corrected chi connectivity index (χ3v) is 6.95. The van der Waals surface area contributed by atoms with Crippen molar-refractivity contribution in [2.45, 2.75) is 18.0 Å². The largest absolute Gasteiger partial charge is 0.445 e. The maximum Gasteiger partial charge on any atom is 0.445 e. The van der Waals surface area contributed by atoms with Gasteiger partial charge in [-0.3, -0.25) is 9.78 Å². The third kappa shape index (κ3) is 4.99. The van der Waals surface area contributed by atoms with Crippen LogP contribution in [0.15, 0.2) is 40.5 Å². The van der Waals surface area contributed by atoms with Crippen molar-refractivity contribution in [3.63, 3.8) is 0 Å². The molecule has 0 N–H and O–H groups in total. The number of amides is 1. The fraction of sp³-hybridized carbons (Fsp3) is 0.235. The van der Waals surface area contributed by atoms with E-state index in [2.05, 4.69) is 20.1 Å². The molecule has 1 amide bonds. The number of pyridine rings is 2. The van der Waals surface area contributed by atoms with Gasteiger partial charge in [0.2, 0.25) is 9.81 Å². The SMILES string of the molecule is CCS(=O)(=O)c1cc(-c2ccc(Cl)cn2)cnc1C(=O)N=c1sc(C(F)(F)F)nn1C. The quantitative estimate of drug-likeness (QED) is 0.555. The molecular weight excluding hydrogens is 479 g/mol. The minimum absolute atomic E-state index is 0.150. The minimum Gasteiger partial charge on any atom is -0.265 e. The van der Waals surface area contributed by atoms with Crippen LogP contribution in [0.4, 0.5) is 13.2 Å². The zero-order valence-corrected chi connectivity index (χ0v) is 18.3. The van der Waals surface area contributed by atoms with Gasteiger partial charge in [-0.05, 0) is 18.2 Å². The first-order valence-electron chi connectivity index (χ1n) is 8.47. The van der Waals surface area contributed by atoms with Gasteiger partial charge < -0.3 is 0 Å². The maximum atomic E-state index is 12.8. The Morgan fingerprint density at radius 2 is 1.97 bits per heavy atom. The standard InChI is InChI=1S/C17H13ClF3N5O3S2/c1-3-31(28,29)12-6-9(11-5-4-10(18)8-22-11)7-23-13(12)14(27)24-16-26(2)25-15(30-16)17(19,20)21/h4-8H,3H2,1-2H3. The van der Waals surface area contributed by atoms with Gasteiger partial charge >= 0.3 is 6.18 Å². The van der Waals surface area contributed by atoms with E-state index in [-0.39, 0.29) is 21.9 Å². The van der Waals surface area contributed by atoms with Gasteiger partial charge in [-0.15, -0.1) is 0 Å². The van der Waals surface area contributed by atoms with E-state index in [4.69, 9.17) is 11.6 Å². The van der Waals surface area contributed by atoms with Crippen molar-refractivity contribution in [3.8, 4) is 11.3 Å². The van der Waals surface area contributed by atoms with E-state index in [1.165, 1.54) is 32.4 Å². The van der Waals surface area contributed by atoms with E-state index < -0.39 is 37.5 Å². The lowest BCUT2D eigenvalue weighted by atomic mass is 10.2. The lowest BCUT2D eigenvalue weighted by Crippen LogP contribution is -2.18. The first kappa shape index (κ1) is 23.0. The molecule has 0 radical (unpaired) electrons. The van der Waals surface area contributed by atoms with Crippen LogP contribution < -0.4 is 4.80 Å². The van der Waals surface area contributed by atoms with E-state index in [1.54, 1.807) is 12.1 Å². The van der Waals surface area contributed by atoms with Crippen LogP contribution >= 0.6 is 22.9 Å². The molecule has 0 saturated heterocycles. The van der Waals surface area contributed by atoms with Gasteiger partial charge in [-0.1, -0.05) is 29.9 Å². The third-order valence-electron chi connectivity index (χ3n) is 3.94. The molecule has 0 atom stereocenters. The van der Waals surface area contributed by atoms with Crippen molar-refractivity contribution in [1.82, 2.24) is 19.7 Å². The molecule has 0 fully saturated rings. The highest BCUT2D eigenvalue weighted by Gasteiger charge is 2.35. The molecule has 0 unspecified atom stereocenters. The second-order valence-corrected chi connectivity index (χ2v) is 9.70. The highest BCUT2D eigenvalue weighted by Crippen LogP contribution is 2.29. The molecule has 0 saturated carbocycles. The average molecular weight is 492 g/mol. The van der Waals surface area contributed by atoms with E-state index >= 15 is 0 Å². The van der Waals surface area contributed by atoms with Gasteiger partial charge in [-0.2, -0.15) is 23.3 Å². The summed E-state index contributed by atoms with van der Waals surface area (Å²) < 4.78 is 64.5. The second-order valence-electron chi connectivity index (χ2n) is 6.06. The Kier molecular flexibility index (Phi) is 6.30. The molecule has 0 aromatic carbocycles. The molecule has 0 aliphatic carbocycles. The fourth-order valence-corrected chi connectivity index (χ4v) is 4.30. The fourth-order valence-electron chi connectivity index (χ4n) is 2.39. The van der Waals surface area contributed by atoms with E-state index in [0.717, 1.165) is 4.68 Å². The number of aromatic nitrogens is 4. The van der Waals surface area contributed by atoms with Crippen LogP contribution in [0.3, 0.4) is 0 Å². The molecule has 0 spiro atoms. The number of hydrogen-bond acceptors (Lipinski definition) is 7. The lowest BCUT2D eigenvalue weighted by Gasteiger charge is -2.08. The van der Waals surface area contributed by atoms with E-state index in [1.807, 2.05) is 0 Å². The van der Waals surface area contributed by atoms with E-state index in [0.29, 0.717) is 16.3 Å². The molecule has 31 heavy (non-hydrogen) atoms. The summed E-state index contributed by atoms with van der Waals surface area (Å²) in [6.45, 7) is 1.38. The van der Waals surface area contributed by atoms with Crippen molar-refractivity contribution in [2.24, 2.45) is 12.0 Å². The Morgan fingerprint density at radius 3 is 2.52 bits per heavy atom. The average Bonchev–Trinajstić information content (AvgIpc) is 3.09. The summed E-state index contributed by atoms with van der Waals surface area (Å²) >= 11 is 5.95. The zero-order chi connectivity index (χ0) is 23.0. The predicted molar refractivity (Wildman–Crippen MR) is 106 cm³/mol. The predicted octanol–water partition coefficient (Wildman–Crippen LogP) is 3.15. The zero-order valence-electron chi connectivity index (χ0n) is 15.9. The van der Waals surface area contributed by atoms with Crippen LogP contribution in [-0.2, 0) is 23.1 Å². The Bertz CT molecular complexity index is 1320. The highest BCUT2D eigenvalue weighted by atomic mass is 35.5. The number of sulfone groups is 1. The number of rotatable bonds is 4. The van der Waals surface area contributed by atoms with Crippen LogP contribution in [0, 0.1) is 0 Å². The summed E-state index contributed by atoms with van der Waals surface area (Å²) in [5, 5.41) is 2.46. The van der Waals surface area contributed by atoms with Crippen LogP contribution in [0.2, 0.25) is 5.02 Å². The highest BCUT2D eigenvalue weighted by molar-refractivity contribution is 7.91. The Hall–Kier alpha value is -2.64. The minimum atomic E-state index is -4.71. The molecule has 0 aliphatic heterocycles. The van der Waals surface area contributed by atoms with Crippen LogP contribution in [0.25, 0.3) is 11.3 Å². The molecule has 8 nitrogen and oxygen atoms in total. The van der Waals surface area contributed by atoms with Crippen molar-refractivity contribution in [2.75, 3.05) is 5.75 Å². The van der Waals surface area contributed by atoms with Gasteiger partial charge in [-0.25, -0.2) is 18.1 Å². The number of nitrogens with zero attached hydrogens (tertiary/aromatic N) is 5. The summed E-state index contributed by atoms with van der Waals surface area (Å²) in [6, 6.07) is 4.32. The van der Waals surface area contributed by atoms with Crippen LogP contribution in [-0.4, -0.2) is 39.8 Å². The second kappa shape index (κ2) is 8.48. The smallest absolute Gasteiger partial charge is 0.265 e. The van der Waals surface area contributed by atoms with Gasteiger partial charge in [0.05, 0.1) is 21.4 Å². The number of halogens is 4. The molecule has 3 rings (SSSR count). The van der Waals surface area contributed by atoms with Crippen molar-refractivity contribution in [3.05, 3.63) is 51.1 Å². The summed E-state index contributed by atoms with van der Waals surface area (Å²) in [4.78, 5) is 23.5. The van der Waals surface area contributed by atoms with Gasteiger partial charge in [0.15, 0.2) is 9.84 Å². The first-order chi connectivity index (χ1) is 14.4. The monoisotopic (exact) mass is 491 g/mol. The summed E-state index contributed by atoms with van der Waals surface area (Å²) in [5.74, 6) is -1.45. The molecule has 3 aromatic heterocycles.